The van der Waals surface area contributed by atoms with Gasteiger partial charge in [-0.25, -0.2) is 4.79 Å². The van der Waals surface area contributed by atoms with E-state index in [1.54, 1.807) is 0 Å². The van der Waals surface area contributed by atoms with Gasteiger partial charge in [0.05, 0.1) is 27.1 Å². The van der Waals surface area contributed by atoms with Crippen molar-refractivity contribution in [2.75, 3.05) is 27.2 Å². The first-order valence-electron chi connectivity index (χ1n) is 12.9. The second kappa shape index (κ2) is 7.45. The smallest absolute Gasteiger partial charge is 0.362 e. The average Bonchev–Trinajstić information content (AvgIpc) is 3.28. The Bertz CT molecular complexity index is 783. The summed E-state index contributed by atoms with van der Waals surface area (Å²) in [6, 6.07) is 0.282. The molecule has 1 N–H and O–H groups in total. The Morgan fingerprint density at radius 2 is 1.66 bits per heavy atom. The summed E-state index contributed by atoms with van der Waals surface area (Å²) >= 11 is 0. The van der Waals surface area contributed by atoms with Crippen LogP contribution < -0.4 is 5.32 Å². The number of carbonyl (C=O) groups excluding carboxylic acids is 2. The molecule has 1 amide bonds. The molecule has 0 heterocycles. The first-order valence-corrected chi connectivity index (χ1v) is 12.9. The fourth-order valence-corrected chi connectivity index (χ4v) is 8.24. The van der Waals surface area contributed by atoms with Gasteiger partial charge in [0.25, 0.3) is 0 Å². The Balaban J connectivity index is 1.27. The maximum Gasteiger partial charge on any atom is 0.362 e. The van der Waals surface area contributed by atoms with E-state index in [1.165, 1.54) is 25.7 Å². The van der Waals surface area contributed by atoms with E-state index in [1.807, 2.05) is 14.1 Å². The summed E-state index contributed by atoms with van der Waals surface area (Å²) in [5.74, 6) is 1.39. The van der Waals surface area contributed by atoms with Crippen molar-refractivity contribution in [1.82, 2.24) is 5.32 Å². The number of likely N-dealkylation sites (N-methyl/N-ethyl adjacent to an activating group) is 1. The molecule has 4 fully saturated rings. The molecular weight excluding hydrogens is 400 g/mol. The topological polar surface area (TPSA) is 55.4 Å². The molecule has 4 aliphatic rings. The quantitative estimate of drug-likeness (QED) is 0.460. The summed E-state index contributed by atoms with van der Waals surface area (Å²) in [6.07, 6.45) is 7.66. The van der Waals surface area contributed by atoms with Crippen LogP contribution in [0.1, 0.15) is 86.5 Å². The lowest BCUT2D eigenvalue weighted by atomic mass is 9.69. The van der Waals surface area contributed by atoms with Gasteiger partial charge in [-0.3, -0.25) is 4.79 Å². The fourth-order valence-electron chi connectivity index (χ4n) is 8.24. The lowest BCUT2D eigenvalue weighted by Crippen LogP contribution is -2.51. The Labute approximate surface area is 195 Å². The number of carbonyl (C=O) groups is 2. The third kappa shape index (κ3) is 3.71. The van der Waals surface area contributed by atoms with Gasteiger partial charge in [-0.1, -0.05) is 41.5 Å². The van der Waals surface area contributed by atoms with Gasteiger partial charge in [-0.05, 0) is 61.2 Å². The van der Waals surface area contributed by atoms with Crippen molar-refractivity contribution in [3.63, 3.8) is 0 Å². The fraction of sp³-hybridized carbons (Fsp3) is 0.926. The maximum atomic E-state index is 12.9. The van der Waals surface area contributed by atoms with Crippen LogP contribution in [0.25, 0.3) is 0 Å². The molecule has 0 radical (unpaired) electrons. The van der Waals surface area contributed by atoms with Crippen LogP contribution in [0.5, 0.6) is 0 Å². The number of nitrogens with zero attached hydrogens (tertiary/aromatic N) is 1. The number of nitrogens with one attached hydrogen (secondary N) is 1. The van der Waals surface area contributed by atoms with Crippen LogP contribution in [0.2, 0.25) is 0 Å². The van der Waals surface area contributed by atoms with Gasteiger partial charge in [-0.15, -0.1) is 0 Å². The second-order valence-corrected chi connectivity index (χ2v) is 14.1. The molecule has 6 atom stereocenters. The molecule has 0 aromatic heterocycles. The minimum Gasteiger partial charge on any atom is -0.457 e. The highest BCUT2D eigenvalue weighted by Gasteiger charge is 2.62. The molecule has 0 aliphatic heterocycles. The molecule has 5 heteroatoms. The number of ether oxygens (including phenoxy) is 1. The van der Waals surface area contributed by atoms with Crippen molar-refractivity contribution >= 4 is 11.9 Å². The largest absolute Gasteiger partial charge is 0.457 e. The lowest BCUT2D eigenvalue weighted by molar-refractivity contribution is -0.882. The van der Waals surface area contributed by atoms with E-state index in [0.717, 1.165) is 18.8 Å². The molecule has 4 rings (SSSR count). The van der Waals surface area contributed by atoms with Crippen molar-refractivity contribution in [1.29, 1.82) is 0 Å². The minimum atomic E-state index is -0.121. The van der Waals surface area contributed by atoms with Crippen LogP contribution in [0.3, 0.4) is 0 Å². The number of hydrogen-bond donors (Lipinski definition) is 1. The predicted molar refractivity (Wildman–Crippen MR) is 127 cm³/mol. The first-order chi connectivity index (χ1) is 14.6. The van der Waals surface area contributed by atoms with Crippen LogP contribution in [0, 0.1) is 33.5 Å². The zero-order valence-electron chi connectivity index (χ0n) is 21.8. The van der Waals surface area contributed by atoms with Gasteiger partial charge in [0.1, 0.15) is 6.10 Å². The summed E-state index contributed by atoms with van der Waals surface area (Å²) < 4.78 is 6.61. The summed E-state index contributed by atoms with van der Waals surface area (Å²) in [4.78, 5) is 25.7. The van der Waals surface area contributed by atoms with Gasteiger partial charge >= 0.3 is 5.97 Å². The zero-order chi connectivity index (χ0) is 23.7. The number of amides is 1. The third-order valence-corrected chi connectivity index (χ3v) is 11.0. The van der Waals surface area contributed by atoms with E-state index in [-0.39, 0.29) is 40.3 Å². The number of fused-ring (bicyclic) bond motifs is 4. The van der Waals surface area contributed by atoms with Crippen molar-refractivity contribution in [3.8, 4) is 0 Å². The van der Waals surface area contributed by atoms with Crippen LogP contribution in [0.15, 0.2) is 0 Å². The maximum absolute atomic E-state index is 12.9. The average molecular weight is 448 g/mol. The first kappa shape index (κ1) is 24.0. The highest BCUT2D eigenvalue weighted by molar-refractivity contribution is 5.76. The van der Waals surface area contributed by atoms with E-state index in [4.69, 9.17) is 4.74 Å². The van der Waals surface area contributed by atoms with Crippen molar-refractivity contribution < 1.29 is 18.8 Å². The Kier molecular flexibility index (Phi) is 5.60. The molecular formula is C27H47N2O3+. The standard InChI is InChI=1S/C27H46N2O3/c1-24(2)19-9-12-26(5,16-19)23(24)32-22(31)17-29(7,8)14-11-21(30)28-20-15-18-10-13-27(20,6)25(18,3)4/h18-20,23H,9-17H2,1-8H3/p+1/t18-,19-,20-,23-,26+,27-/m1/s1. The van der Waals surface area contributed by atoms with Crippen molar-refractivity contribution in [2.24, 2.45) is 33.5 Å². The summed E-state index contributed by atoms with van der Waals surface area (Å²) in [5, 5.41) is 3.36. The van der Waals surface area contributed by atoms with Gasteiger partial charge < -0.3 is 14.5 Å². The molecule has 0 aromatic carbocycles. The summed E-state index contributed by atoms with van der Waals surface area (Å²) in [5.41, 5.74) is 0.689. The molecule has 4 aliphatic carbocycles. The van der Waals surface area contributed by atoms with Gasteiger partial charge in [0.2, 0.25) is 5.91 Å². The predicted octanol–water partition coefficient (Wildman–Crippen LogP) is 4.54. The van der Waals surface area contributed by atoms with E-state index < -0.39 is 0 Å². The van der Waals surface area contributed by atoms with Gasteiger partial charge in [-0.2, -0.15) is 0 Å². The number of hydrogen-bond acceptors (Lipinski definition) is 3. The molecule has 4 bridgehead atoms. The lowest BCUT2D eigenvalue weighted by Gasteiger charge is -2.42. The molecule has 0 aromatic rings. The molecule has 182 valence electrons. The molecule has 0 saturated heterocycles. The Morgan fingerprint density at radius 3 is 2.19 bits per heavy atom. The molecule has 5 nitrogen and oxygen atoms in total. The summed E-state index contributed by atoms with van der Waals surface area (Å²) in [7, 11) is 4.06. The minimum absolute atomic E-state index is 0.00596. The van der Waals surface area contributed by atoms with E-state index >= 15 is 0 Å². The van der Waals surface area contributed by atoms with Crippen molar-refractivity contribution in [3.05, 3.63) is 0 Å². The molecule has 4 saturated carbocycles. The monoisotopic (exact) mass is 447 g/mol. The summed E-state index contributed by atoms with van der Waals surface area (Å²) in [6.45, 7) is 14.9. The van der Waals surface area contributed by atoms with Crippen LogP contribution in [0.4, 0.5) is 0 Å². The molecule has 0 spiro atoms. The SMILES string of the molecule is CC1(C)[C@@H]2CC[C@@](C)(C2)[C@@H]1OC(=O)C[N+](C)(C)CCC(=O)N[C@@H]1C[C@H]2CC[C@@]1(C)C2(C)C. The highest BCUT2D eigenvalue weighted by Crippen LogP contribution is 2.65. The molecule has 0 unspecified atom stereocenters. The number of rotatable bonds is 7. The third-order valence-electron chi connectivity index (χ3n) is 11.0. The van der Waals surface area contributed by atoms with Gasteiger partial charge in [0, 0.05) is 16.9 Å². The van der Waals surface area contributed by atoms with Gasteiger partial charge in [0.15, 0.2) is 6.54 Å². The van der Waals surface area contributed by atoms with E-state index in [2.05, 4.69) is 46.9 Å². The van der Waals surface area contributed by atoms with E-state index in [0.29, 0.717) is 35.3 Å². The highest BCUT2D eigenvalue weighted by atomic mass is 16.5. The zero-order valence-corrected chi connectivity index (χ0v) is 21.8. The number of quaternary nitrogens is 1. The van der Waals surface area contributed by atoms with Crippen LogP contribution >= 0.6 is 0 Å². The Hall–Kier alpha value is -1.10. The van der Waals surface area contributed by atoms with Crippen LogP contribution in [-0.4, -0.2) is 55.7 Å². The molecule has 32 heavy (non-hydrogen) atoms. The number of esters is 1. The Morgan fingerprint density at radius 1 is 1.00 bits per heavy atom. The van der Waals surface area contributed by atoms with E-state index in [9.17, 15) is 9.59 Å². The van der Waals surface area contributed by atoms with Crippen molar-refractivity contribution in [2.45, 2.75) is 98.6 Å². The van der Waals surface area contributed by atoms with Crippen LogP contribution in [-0.2, 0) is 14.3 Å². The normalized spacial score (nSPS) is 41.1. The second-order valence-electron chi connectivity index (χ2n) is 14.1.